The second-order valence-electron chi connectivity index (χ2n) is 4.74. The van der Waals surface area contributed by atoms with Crippen molar-refractivity contribution < 1.29 is 0 Å². The lowest BCUT2D eigenvalue weighted by atomic mass is 9.95. The molecule has 0 aliphatic carbocycles. The molecule has 0 spiro atoms. The summed E-state index contributed by atoms with van der Waals surface area (Å²) in [5.74, 6) is 0.772. The molecule has 0 saturated heterocycles. The zero-order valence-electron chi connectivity index (χ0n) is 11.1. The predicted octanol–water partition coefficient (Wildman–Crippen LogP) is 2.46. The smallest absolute Gasteiger partial charge is 0.182 e. The molecule has 5 nitrogen and oxygen atoms in total. The van der Waals surface area contributed by atoms with Crippen molar-refractivity contribution >= 4 is 5.69 Å². The Bertz CT molecular complexity index is 528. The van der Waals surface area contributed by atoms with Gasteiger partial charge < -0.3 is 5.73 Å². The highest BCUT2D eigenvalue weighted by atomic mass is 15.6. The SMILES string of the molecule is CCC(C)(CC)n1nnnc1-c1cccc(N)c1. The molecule has 0 aliphatic heterocycles. The van der Waals surface area contributed by atoms with E-state index in [2.05, 4.69) is 36.3 Å². The third-order valence-electron chi connectivity index (χ3n) is 3.65. The molecule has 0 unspecified atom stereocenters. The van der Waals surface area contributed by atoms with Gasteiger partial charge in [0.2, 0.25) is 0 Å². The summed E-state index contributed by atoms with van der Waals surface area (Å²) < 4.78 is 1.90. The van der Waals surface area contributed by atoms with Gasteiger partial charge in [-0.1, -0.05) is 26.0 Å². The van der Waals surface area contributed by atoms with E-state index in [0.29, 0.717) is 0 Å². The summed E-state index contributed by atoms with van der Waals surface area (Å²) in [6.07, 6.45) is 1.95. The molecule has 2 N–H and O–H groups in total. The molecule has 0 radical (unpaired) electrons. The molecule has 1 heterocycles. The van der Waals surface area contributed by atoms with Gasteiger partial charge in [0.1, 0.15) is 0 Å². The fourth-order valence-electron chi connectivity index (χ4n) is 1.96. The summed E-state index contributed by atoms with van der Waals surface area (Å²) in [5, 5.41) is 12.1. The number of nitrogens with two attached hydrogens (primary N) is 1. The largest absolute Gasteiger partial charge is 0.399 e. The van der Waals surface area contributed by atoms with E-state index in [4.69, 9.17) is 5.73 Å². The highest BCUT2D eigenvalue weighted by Crippen LogP contribution is 2.28. The molecule has 0 bridgehead atoms. The minimum Gasteiger partial charge on any atom is -0.399 e. The molecule has 96 valence electrons. The molecule has 0 atom stereocenters. The molecule has 0 aliphatic rings. The first-order chi connectivity index (χ1) is 8.60. The molecular weight excluding hydrogens is 226 g/mol. The Morgan fingerprint density at radius 3 is 2.61 bits per heavy atom. The number of nitrogen functional groups attached to an aromatic ring is 1. The molecule has 18 heavy (non-hydrogen) atoms. The van der Waals surface area contributed by atoms with E-state index in [1.54, 1.807) is 0 Å². The number of rotatable bonds is 4. The van der Waals surface area contributed by atoms with Crippen LogP contribution in [0.5, 0.6) is 0 Å². The summed E-state index contributed by atoms with van der Waals surface area (Å²) in [7, 11) is 0. The first-order valence-corrected chi connectivity index (χ1v) is 6.25. The van der Waals surface area contributed by atoms with Gasteiger partial charge in [0.25, 0.3) is 0 Å². The summed E-state index contributed by atoms with van der Waals surface area (Å²) in [6.45, 7) is 6.46. The summed E-state index contributed by atoms with van der Waals surface area (Å²) in [5.41, 5.74) is 7.42. The lowest BCUT2D eigenvalue weighted by Crippen LogP contribution is -2.30. The molecular formula is C13H19N5. The van der Waals surface area contributed by atoms with Crippen LogP contribution in [0.15, 0.2) is 24.3 Å². The van der Waals surface area contributed by atoms with E-state index in [1.165, 1.54) is 0 Å². The van der Waals surface area contributed by atoms with Crippen LogP contribution in [0.2, 0.25) is 0 Å². The van der Waals surface area contributed by atoms with Crippen LogP contribution < -0.4 is 5.73 Å². The number of tetrazole rings is 1. The van der Waals surface area contributed by atoms with Gasteiger partial charge in [-0.05, 0) is 42.3 Å². The fourth-order valence-corrected chi connectivity index (χ4v) is 1.96. The minimum atomic E-state index is -0.0660. The summed E-state index contributed by atoms with van der Waals surface area (Å²) >= 11 is 0. The van der Waals surface area contributed by atoms with Crippen LogP contribution in [0.1, 0.15) is 33.6 Å². The van der Waals surface area contributed by atoms with E-state index in [0.717, 1.165) is 29.9 Å². The number of hydrogen-bond donors (Lipinski definition) is 1. The van der Waals surface area contributed by atoms with Crippen molar-refractivity contribution in [2.24, 2.45) is 0 Å². The topological polar surface area (TPSA) is 69.6 Å². The van der Waals surface area contributed by atoms with E-state index in [-0.39, 0.29) is 5.54 Å². The average Bonchev–Trinajstić information content (AvgIpc) is 2.87. The van der Waals surface area contributed by atoms with Crippen molar-refractivity contribution in [3.63, 3.8) is 0 Å². The first kappa shape index (κ1) is 12.5. The Kier molecular flexibility index (Phi) is 3.32. The van der Waals surface area contributed by atoms with E-state index in [1.807, 2.05) is 28.9 Å². The number of anilines is 1. The number of aromatic nitrogens is 4. The zero-order valence-corrected chi connectivity index (χ0v) is 11.1. The second kappa shape index (κ2) is 4.76. The highest BCUT2D eigenvalue weighted by molar-refractivity contribution is 5.60. The zero-order chi connectivity index (χ0) is 13.2. The van der Waals surface area contributed by atoms with Crippen molar-refractivity contribution in [3.05, 3.63) is 24.3 Å². The number of nitrogens with zero attached hydrogens (tertiary/aromatic N) is 4. The highest BCUT2D eigenvalue weighted by Gasteiger charge is 2.27. The Balaban J connectivity index is 2.51. The maximum atomic E-state index is 5.81. The molecule has 0 fully saturated rings. The van der Waals surface area contributed by atoms with Crippen LogP contribution in [0.4, 0.5) is 5.69 Å². The quantitative estimate of drug-likeness (QED) is 0.840. The summed E-state index contributed by atoms with van der Waals surface area (Å²) in [6, 6.07) is 7.65. The lowest BCUT2D eigenvalue weighted by molar-refractivity contribution is 0.262. The van der Waals surface area contributed by atoms with Crippen molar-refractivity contribution in [2.45, 2.75) is 39.2 Å². The van der Waals surface area contributed by atoms with Gasteiger partial charge in [0.05, 0.1) is 5.54 Å². The van der Waals surface area contributed by atoms with Crippen LogP contribution in [-0.2, 0) is 5.54 Å². The monoisotopic (exact) mass is 245 g/mol. The van der Waals surface area contributed by atoms with Gasteiger partial charge in [-0.2, -0.15) is 0 Å². The van der Waals surface area contributed by atoms with Crippen molar-refractivity contribution in [2.75, 3.05) is 5.73 Å². The van der Waals surface area contributed by atoms with Gasteiger partial charge in [0, 0.05) is 11.3 Å². The molecule has 2 aromatic rings. The number of hydrogen-bond acceptors (Lipinski definition) is 4. The molecule has 1 aromatic carbocycles. The third-order valence-corrected chi connectivity index (χ3v) is 3.65. The maximum Gasteiger partial charge on any atom is 0.182 e. The van der Waals surface area contributed by atoms with Crippen LogP contribution in [0.3, 0.4) is 0 Å². The van der Waals surface area contributed by atoms with Crippen molar-refractivity contribution in [1.29, 1.82) is 0 Å². The van der Waals surface area contributed by atoms with Gasteiger partial charge in [-0.25, -0.2) is 4.68 Å². The lowest BCUT2D eigenvalue weighted by Gasteiger charge is -2.27. The maximum absolute atomic E-state index is 5.81. The predicted molar refractivity (Wildman–Crippen MR) is 71.9 cm³/mol. The van der Waals surface area contributed by atoms with Crippen molar-refractivity contribution in [3.8, 4) is 11.4 Å². The fraction of sp³-hybridized carbons (Fsp3) is 0.462. The van der Waals surface area contributed by atoms with Gasteiger partial charge in [-0.3, -0.25) is 0 Å². The molecule has 0 amide bonds. The van der Waals surface area contributed by atoms with Crippen LogP contribution in [0, 0.1) is 0 Å². The Hall–Kier alpha value is -1.91. The van der Waals surface area contributed by atoms with Gasteiger partial charge in [-0.15, -0.1) is 5.10 Å². The van der Waals surface area contributed by atoms with Crippen LogP contribution in [0.25, 0.3) is 11.4 Å². The van der Waals surface area contributed by atoms with Gasteiger partial charge >= 0.3 is 0 Å². The minimum absolute atomic E-state index is 0.0660. The van der Waals surface area contributed by atoms with Crippen LogP contribution in [-0.4, -0.2) is 20.2 Å². The Morgan fingerprint density at radius 1 is 1.28 bits per heavy atom. The normalized spacial score (nSPS) is 11.7. The third kappa shape index (κ3) is 2.08. The second-order valence-corrected chi connectivity index (χ2v) is 4.74. The first-order valence-electron chi connectivity index (χ1n) is 6.25. The average molecular weight is 245 g/mol. The summed E-state index contributed by atoms with van der Waals surface area (Å²) in [4.78, 5) is 0. The van der Waals surface area contributed by atoms with Gasteiger partial charge in [0.15, 0.2) is 5.82 Å². The van der Waals surface area contributed by atoms with E-state index >= 15 is 0 Å². The Morgan fingerprint density at radius 2 is 2.00 bits per heavy atom. The van der Waals surface area contributed by atoms with E-state index < -0.39 is 0 Å². The molecule has 0 saturated carbocycles. The Labute approximate surface area is 107 Å². The van der Waals surface area contributed by atoms with Crippen LogP contribution >= 0.6 is 0 Å². The van der Waals surface area contributed by atoms with E-state index in [9.17, 15) is 0 Å². The molecule has 5 heteroatoms. The molecule has 2 rings (SSSR count). The standard InChI is InChI=1S/C13H19N5/c1-4-13(3,5-2)18-12(15-16-17-18)10-7-6-8-11(14)9-10/h6-9H,4-5,14H2,1-3H3. The number of benzene rings is 1. The van der Waals surface area contributed by atoms with Crippen molar-refractivity contribution in [1.82, 2.24) is 20.2 Å². The molecule has 1 aromatic heterocycles.